The summed E-state index contributed by atoms with van der Waals surface area (Å²) in [6.45, 7) is 17.8. The summed E-state index contributed by atoms with van der Waals surface area (Å²) in [6.07, 6.45) is 4.04. The average Bonchev–Trinajstić information content (AvgIpc) is 2.32. The van der Waals surface area contributed by atoms with Crippen molar-refractivity contribution in [3.05, 3.63) is 0 Å². The van der Waals surface area contributed by atoms with Crippen LogP contribution in [-0.4, -0.2) is 36.6 Å². The van der Waals surface area contributed by atoms with Gasteiger partial charge in [0.15, 0.2) is 0 Å². The summed E-state index contributed by atoms with van der Waals surface area (Å²) >= 11 is 0. The Morgan fingerprint density at radius 2 is 1.79 bits per heavy atom. The standard InChI is InChI=1S/C17H36N2/c1-13(2)7-8-16(5)18-9-10-19-12-14(3)11-15(4)17(19)6/h13-18H,7-12H2,1-6H3. The molecular formula is C17H36N2. The second-order valence-electron chi connectivity index (χ2n) is 7.38. The van der Waals surface area contributed by atoms with Gasteiger partial charge in [0.25, 0.3) is 0 Å². The third-order valence-electron chi connectivity index (χ3n) is 4.79. The van der Waals surface area contributed by atoms with Crippen molar-refractivity contribution in [2.45, 2.75) is 72.9 Å². The predicted molar refractivity (Wildman–Crippen MR) is 85.5 cm³/mol. The Bertz CT molecular complexity index is 239. The van der Waals surface area contributed by atoms with Crippen molar-refractivity contribution in [2.75, 3.05) is 19.6 Å². The maximum Gasteiger partial charge on any atom is 0.0110 e. The first-order valence-corrected chi connectivity index (χ1v) is 8.37. The van der Waals surface area contributed by atoms with Crippen LogP contribution in [-0.2, 0) is 0 Å². The van der Waals surface area contributed by atoms with Crippen molar-refractivity contribution in [2.24, 2.45) is 17.8 Å². The van der Waals surface area contributed by atoms with Crippen molar-refractivity contribution in [3.8, 4) is 0 Å². The second-order valence-corrected chi connectivity index (χ2v) is 7.38. The number of piperidine rings is 1. The van der Waals surface area contributed by atoms with E-state index in [4.69, 9.17) is 0 Å². The molecule has 1 N–H and O–H groups in total. The summed E-state index contributed by atoms with van der Waals surface area (Å²) in [5.41, 5.74) is 0. The Hall–Kier alpha value is -0.0800. The highest BCUT2D eigenvalue weighted by atomic mass is 15.2. The van der Waals surface area contributed by atoms with E-state index in [1.54, 1.807) is 0 Å². The molecule has 2 heteroatoms. The fraction of sp³-hybridized carbons (Fsp3) is 1.00. The first-order chi connectivity index (χ1) is 8.90. The molecule has 0 aromatic heterocycles. The number of nitrogens with one attached hydrogen (secondary N) is 1. The van der Waals surface area contributed by atoms with Gasteiger partial charge in [-0.25, -0.2) is 0 Å². The predicted octanol–water partition coefficient (Wildman–Crippen LogP) is 3.77. The molecule has 1 aliphatic heterocycles. The number of hydrogen-bond acceptors (Lipinski definition) is 2. The molecule has 0 amide bonds. The summed E-state index contributed by atoms with van der Waals surface area (Å²) in [7, 11) is 0. The Kier molecular flexibility index (Phi) is 7.38. The van der Waals surface area contributed by atoms with Crippen LogP contribution in [0.2, 0.25) is 0 Å². The molecule has 2 nitrogen and oxygen atoms in total. The third-order valence-corrected chi connectivity index (χ3v) is 4.79. The van der Waals surface area contributed by atoms with Crippen LogP contribution in [0.15, 0.2) is 0 Å². The van der Waals surface area contributed by atoms with Crippen molar-refractivity contribution in [1.29, 1.82) is 0 Å². The topological polar surface area (TPSA) is 15.3 Å². The Balaban J connectivity index is 2.20. The summed E-state index contributed by atoms with van der Waals surface area (Å²) in [5, 5.41) is 3.69. The van der Waals surface area contributed by atoms with Crippen LogP contribution >= 0.6 is 0 Å². The van der Waals surface area contributed by atoms with Crippen molar-refractivity contribution in [1.82, 2.24) is 10.2 Å². The molecule has 4 atom stereocenters. The van der Waals surface area contributed by atoms with Gasteiger partial charge in [0.05, 0.1) is 0 Å². The van der Waals surface area contributed by atoms with Crippen LogP contribution in [0.4, 0.5) is 0 Å². The fourth-order valence-electron chi connectivity index (χ4n) is 3.27. The molecule has 0 bridgehead atoms. The maximum atomic E-state index is 3.69. The van der Waals surface area contributed by atoms with Gasteiger partial charge in [-0.15, -0.1) is 0 Å². The minimum atomic E-state index is 0.664. The molecule has 0 aliphatic carbocycles. The molecule has 0 saturated carbocycles. The summed E-state index contributed by atoms with van der Waals surface area (Å²) in [5.74, 6) is 2.54. The molecular weight excluding hydrogens is 232 g/mol. The van der Waals surface area contributed by atoms with Gasteiger partial charge in [0.2, 0.25) is 0 Å². The van der Waals surface area contributed by atoms with E-state index in [9.17, 15) is 0 Å². The lowest BCUT2D eigenvalue weighted by atomic mass is 9.86. The van der Waals surface area contributed by atoms with E-state index >= 15 is 0 Å². The van der Waals surface area contributed by atoms with Gasteiger partial charge in [0, 0.05) is 31.7 Å². The van der Waals surface area contributed by atoms with E-state index in [0.717, 1.165) is 30.3 Å². The van der Waals surface area contributed by atoms with Gasteiger partial charge in [-0.05, 0) is 50.9 Å². The lowest BCUT2D eigenvalue weighted by molar-refractivity contribution is 0.0800. The third kappa shape index (κ3) is 6.27. The van der Waals surface area contributed by atoms with E-state index in [-0.39, 0.29) is 0 Å². The number of hydrogen-bond donors (Lipinski definition) is 1. The maximum absolute atomic E-state index is 3.69. The molecule has 1 fully saturated rings. The van der Waals surface area contributed by atoms with E-state index < -0.39 is 0 Å². The van der Waals surface area contributed by atoms with E-state index in [2.05, 4.69) is 51.8 Å². The van der Waals surface area contributed by atoms with Crippen LogP contribution in [0.3, 0.4) is 0 Å². The summed E-state index contributed by atoms with van der Waals surface area (Å²) in [4.78, 5) is 2.68. The number of nitrogens with zero attached hydrogens (tertiary/aromatic N) is 1. The highest BCUT2D eigenvalue weighted by Gasteiger charge is 2.28. The molecule has 19 heavy (non-hydrogen) atoms. The van der Waals surface area contributed by atoms with Crippen LogP contribution in [0.5, 0.6) is 0 Å². The largest absolute Gasteiger partial charge is 0.313 e. The molecule has 0 spiro atoms. The number of rotatable bonds is 7. The normalized spacial score (nSPS) is 30.8. The lowest BCUT2D eigenvalue weighted by Crippen LogP contribution is -2.48. The Labute approximate surface area is 121 Å². The molecule has 1 heterocycles. The van der Waals surface area contributed by atoms with Crippen molar-refractivity contribution < 1.29 is 0 Å². The van der Waals surface area contributed by atoms with Crippen LogP contribution in [0.1, 0.15) is 60.8 Å². The Morgan fingerprint density at radius 1 is 1.11 bits per heavy atom. The van der Waals surface area contributed by atoms with E-state index in [1.807, 2.05) is 0 Å². The zero-order chi connectivity index (χ0) is 14.4. The van der Waals surface area contributed by atoms with Gasteiger partial charge in [-0.1, -0.05) is 27.7 Å². The monoisotopic (exact) mass is 268 g/mol. The first kappa shape index (κ1) is 17.0. The van der Waals surface area contributed by atoms with Crippen molar-refractivity contribution >= 4 is 0 Å². The molecule has 4 unspecified atom stereocenters. The Morgan fingerprint density at radius 3 is 2.42 bits per heavy atom. The van der Waals surface area contributed by atoms with Gasteiger partial charge in [-0.2, -0.15) is 0 Å². The molecule has 0 aromatic rings. The minimum absolute atomic E-state index is 0.664. The zero-order valence-electron chi connectivity index (χ0n) is 14.1. The molecule has 1 aliphatic rings. The molecule has 1 rings (SSSR count). The summed E-state index contributed by atoms with van der Waals surface area (Å²) in [6, 6.07) is 1.42. The van der Waals surface area contributed by atoms with E-state index in [0.29, 0.717) is 6.04 Å². The molecule has 114 valence electrons. The first-order valence-electron chi connectivity index (χ1n) is 8.37. The van der Waals surface area contributed by atoms with Gasteiger partial charge in [0.1, 0.15) is 0 Å². The lowest BCUT2D eigenvalue weighted by Gasteiger charge is -2.41. The van der Waals surface area contributed by atoms with Gasteiger partial charge >= 0.3 is 0 Å². The quantitative estimate of drug-likeness (QED) is 0.756. The molecule has 1 saturated heterocycles. The van der Waals surface area contributed by atoms with Gasteiger partial charge in [-0.3, -0.25) is 4.90 Å². The van der Waals surface area contributed by atoms with Crippen LogP contribution in [0, 0.1) is 17.8 Å². The SMILES string of the molecule is CC(C)CCC(C)NCCN1CC(C)CC(C)C1C. The highest BCUT2D eigenvalue weighted by molar-refractivity contribution is 4.82. The van der Waals surface area contributed by atoms with E-state index in [1.165, 1.54) is 32.4 Å². The second kappa shape index (κ2) is 8.26. The minimum Gasteiger partial charge on any atom is -0.313 e. The average molecular weight is 268 g/mol. The zero-order valence-corrected chi connectivity index (χ0v) is 14.1. The van der Waals surface area contributed by atoms with Gasteiger partial charge < -0.3 is 5.32 Å². The molecule has 0 aromatic carbocycles. The fourth-order valence-corrected chi connectivity index (χ4v) is 3.27. The number of likely N-dealkylation sites (tertiary alicyclic amines) is 1. The molecule has 0 radical (unpaired) electrons. The van der Waals surface area contributed by atoms with Crippen LogP contribution < -0.4 is 5.32 Å². The van der Waals surface area contributed by atoms with Crippen molar-refractivity contribution in [3.63, 3.8) is 0 Å². The summed E-state index contributed by atoms with van der Waals surface area (Å²) < 4.78 is 0. The smallest absolute Gasteiger partial charge is 0.0110 e. The van der Waals surface area contributed by atoms with Crippen LogP contribution in [0.25, 0.3) is 0 Å². The highest BCUT2D eigenvalue weighted by Crippen LogP contribution is 2.26.